The number of furan rings is 1. The molecule has 1 amide bonds. The third-order valence-corrected chi connectivity index (χ3v) is 6.46. The summed E-state index contributed by atoms with van der Waals surface area (Å²) in [5.74, 6) is -1.36. The standard InChI is InChI=1S/C28H24N4O5/c1-17-11-12-20(15-18(17)2)32-26(34)25(24(30-32)23-10-6-14-37-23)29-31-28(27(35)36)13-5-7-19(16-28)21-8-3-4-9-22(21)33/h3-15,31,33H,16H2,1-2H3,(H,35,36). The fourth-order valence-corrected chi connectivity index (χ4v) is 4.21. The van der Waals surface area contributed by atoms with Crippen LogP contribution < -0.4 is 10.4 Å². The Labute approximate surface area is 212 Å². The Kier molecular flexibility index (Phi) is 5.96. The monoisotopic (exact) mass is 496 g/mol. The summed E-state index contributed by atoms with van der Waals surface area (Å²) in [6.07, 6.45) is 6.23. The number of carbonyl (C=O) groups excluding carboxylic acids is 1. The number of aryl methyl sites for hydroxylation is 2. The molecule has 0 fully saturated rings. The third-order valence-electron chi connectivity index (χ3n) is 6.46. The van der Waals surface area contributed by atoms with E-state index in [0.717, 1.165) is 11.1 Å². The molecule has 2 aromatic carbocycles. The molecule has 1 unspecified atom stereocenters. The fraction of sp³-hybridized carbons (Fsp3) is 0.143. The molecular formula is C28H24N4O5. The number of phenolic OH excluding ortho intramolecular Hbond substituents is 1. The van der Waals surface area contributed by atoms with Crippen molar-refractivity contribution >= 4 is 34.6 Å². The molecule has 2 aliphatic rings. The minimum atomic E-state index is -1.66. The summed E-state index contributed by atoms with van der Waals surface area (Å²) < 4.78 is 5.49. The van der Waals surface area contributed by atoms with Crippen molar-refractivity contribution in [1.82, 2.24) is 5.43 Å². The predicted octanol–water partition coefficient (Wildman–Crippen LogP) is 4.17. The van der Waals surface area contributed by atoms with Crippen molar-refractivity contribution in [1.29, 1.82) is 0 Å². The first kappa shape index (κ1) is 23.8. The largest absolute Gasteiger partial charge is 0.507 e. The second-order valence-corrected chi connectivity index (χ2v) is 8.91. The number of hydrazone groups is 2. The van der Waals surface area contributed by atoms with Gasteiger partial charge >= 0.3 is 11.9 Å². The summed E-state index contributed by atoms with van der Waals surface area (Å²) in [5.41, 5.74) is 4.88. The minimum Gasteiger partial charge on any atom is -0.507 e. The number of nitrogens with one attached hydrogen (secondary N) is 1. The maximum Gasteiger partial charge on any atom is 0.335 e. The molecule has 3 aromatic rings. The topological polar surface area (TPSA) is 128 Å². The summed E-state index contributed by atoms with van der Waals surface area (Å²) >= 11 is 0. The van der Waals surface area contributed by atoms with Gasteiger partial charge in [-0.25, -0.2) is 4.79 Å². The van der Waals surface area contributed by atoms with E-state index < -0.39 is 17.4 Å². The summed E-state index contributed by atoms with van der Waals surface area (Å²) in [4.78, 5) is 25.9. The zero-order valence-corrected chi connectivity index (χ0v) is 20.2. The Morgan fingerprint density at radius 1 is 1.14 bits per heavy atom. The zero-order chi connectivity index (χ0) is 26.2. The van der Waals surface area contributed by atoms with Crippen molar-refractivity contribution in [2.24, 2.45) is 10.2 Å². The Morgan fingerprint density at radius 2 is 1.95 bits per heavy atom. The smallest absolute Gasteiger partial charge is 0.335 e. The molecule has 0 radical (unpaired) electrons. The molecule has 186 valence electrons. The van der Waals surface area contributed by atoms with Crippen molar-refractivity contribution in [3.8, 4) is 5.75 Å². The molecule has 37 heavy (non-hydrogen) atoms. The van der Waals surface area contributed by atoms with E-state index in [0.29, 0.717) is 22.6 Å². The van der Waals surface area contributed by atoms with Crippen LogP contribution in [0.15, 0.2) is 93.7 Å². The number of allylic oxidation sites excluding steroid dienone is 2. The van der Waals surface area contributed by atoms with Crippen molar-refractivity contribution in [2.45, 2.75) is 25.8 Å². The number of anilines is 1. The fourth-order valence-electron chi connectivity index (χ4n) is 4.21. The number of hydrogen-bond donors (Lipinski definition) is 3. The second kappa shape index (κ2) is 9.27. The van der Waals surface area contributed by atoms with Crippen molar-refractivity contribution in [3.63, 3.8) is 0 Å². The van der Waals surface area contributed by atoms with E-state index in [1.165, 1.54) is 23.4 Å². The Hall–Kier alpha value is -4.92. The molecule has 3 N–H and O–H groups in total. The Bertz CT molecular complexity index is 1520. The van der Waals surface area contributed by atoms with Gasteiger partial charge in [0, 0.05) is 12.0 Å². The number of para-hydroxylation sites is 1. The van der Waals surface area contributed by atoms with Crippen LogP contribution in [-0.2, 0) is 9.59 Å². The van der Waals surface area contributed by atoms with Gasteiger partial charge in [-0.15, -0.1) is 0 Å². The molecule has 0 bridgehead atoms. The molecule has 5 rings (SSSR count). The minimum absolute atomic E-state index is 0.0184. The normalized spacial score (nSPS) is 20.2. The van der Waals surface area contributed by atoms with Crippen LogP contribution in [0.3, 0.4) is 0 Å². The quantitative estimate of drug-likeness (QED) is 0.440. The van der Waals surface area contributed by atoms with E-state index in [1.807, 2.05) is 26.0 Å². The molecule has 1 atom stereocenters. The van der Waals surface area contributed by atoms with Gasteiger partial charge in [0.25, 0.3) is 0 Å². The van der Waals surface area contributed by atoms with Crippen LogP contribution in [0.4, 0.5) is 5.69 Å². The lowest BCUT2D eigenvalue weighted by Gasteiger charge is -2.29. The first-order valence-electron chi connectivity index (χ1n) is 11.6. The highest BCUT2D eigenvalue weighted by atomic mass is 16.4. The van der Waals surface area contributed by atoms with Gasteiger partial charge in [0.15, 0.2) is 22.7 Å². The van der Waals surface area contributed by atoms with Crippen LogP contribution in [0.2, 0.25) is 0 Å². The first-order valence-corrected chi connectivity index (χ1v) is 11.6. The lowest BCUT2D eigenvalue weighted by Crippen LogP contribution is -2.50. The SMILES string of the molecule is Cc1ccc(N2N=C(c3ccco3)C(=NNC3(C(=O)O)C=CC=C(c4ccccc4O)C3)C2=O)cc1C. The van der Waals surface area contributed by atoms with Gasteiger partial charge in [0.2, 0.25) is 0 Å². The molecule has 1 aliphatic heterocycles. The number of carboxylic acid groups (broad SMARTS) is 1. The number of benzene rings is 2. The van der Waals surface area contributed by atoms with Crippen LogP contribution in [0, 0.1) is 13.8 Å². The number of amides is 1. The van der Waals surface area contributed by atoms with E-state index in [1.54, 1.807) is 48.6 Å². The number of rotatable bonds is 6. The van der Waals surface area contributed by atoms with Gasteiger partial charge in [-0.05, 0) is 67.0 Å². The molecular weight excluding hydrogens is 472 g/mol. The molecule has 0 saturated heterocycles. The average molecular weight is 497 g/mol. The van der Waals surface area contributed by atoms with E-state index in [2.05, 4.69) is 15.6 Å². The van der Waals surface area contributed by atoms with Crippen molar-refractivity contribution < 1.29 is 24.2 Å². The van der Waals surface area contributed by atoms with Crippen LogP contribution in [-0.4, -0.2) is 39.1 Å². The van der Waals surface area contributed by atoms with Crippen molar-refractivity contribution in [3.05, 3.63) is 102 Å². The lowest BCUT2D eigenvalue weighted by molar-refractivity contribution is -0.142. The average Bonchev–Trinajstić information content (AvgIpc) is 3.53. The van der Waals surface area contributed by atoms with Gasteiger partial charge in [-0.2, -0.15) is 15.2 Å². The number of hydrogen-bond acceptors (Lipinski definition) is 7. The number of aliphatic carboxylic acids is 1. The van der Waals surface area contributed by atoms with Crippen LogP contribution in [0.5, 0.6) is 5.75 Å². The van der Waals surface area contributed by atoms with Gasteiger partial charge in [-0.3, -0.25) is 10.2 Å². The number of carbonyl (C=O) groups is 2. The van der Waals surface area contributed by atoms with E-state index in [9.17, 15) is 19.8 Å². The summed E-state index contributed by atoms with van der Waals surface area (Å²) in [6.45, 7) is 3.91. The predicted molar refractivity (Wildman–Crippen MR) is 139 cm³/mol. The highest BCUT2D eigenvalue weighted by Gasteiger charge is 2.41. The third kappa shape index (κ3) is 4.31. The van der Waals surface area contributed by atoms with Crippen LogP contribution in [0.1, 0.15) is 28.9 Å². The molecule has 2 heterocycles. The number of carboxylic acids is 1. The molecule has 9 heteroatoms. The van der Waals surface area contributed by atoms with E-state index >= 15 is 0 Å². The summed E-state index contributed by atoms with van der Waals surface area (Å²) in [6, 6.07) is 15.5. The summed E-state index contributed by atoms with van der Waals surface area (Å²) in [5, 5.41) is 30.4. The highest BCUT2D eigenvalue weighted by molar-refractivity contribution is 6.74. The maximum atomic E-state index is 13.5. The van der Waals surface area contributed by atoms with Gasteiger partial charge in [0.1, 0.15) is 5.75 Å². The van der Waals surface area contributed by atoms with Crippen LogP contribution in [0.25, 0.3) is 5.57 Å². The number of aromatic hydroxyl groups is 1. The van der Waals surface area contributed by atoms with Gasteiger partial charge in [-0.1, -0.05) is 36.4 Å². The Balaban J connectivity index is 1.51. The van der Waals surface area contributed by atoms with Gasteiger partial charge in [0.05, 0.1) is 12.0 Å². The number of phenols is 1. The lowest BCUT2D eigenvalue weighted by atomic mass is 9.84. The second-order valence-electron chi connectivity index (χ2n) is 8.91. The molecule has 0 saturated carbocycles. The summed E-state index contributed by atoms with van der Waals surface area (Å²) in [7, 11) is 0. The highest BCUT2D eigenvalue weighted by Crippen LogP contribution is 2.35. The van der Waals surface area contributed by atoms with Crippen LogP contribution >= 0.6 is 0 Å². The maximum absolute atomic E-state index is 13.5. The molecule has 9 nitrogen and oxygen atoms in total. The number of nitrogens with zero attached hydrogens (tertiary/aromatic N) is 3. The van der Waals surface area contributed by atoms with Gasteiger partial charge < -0.3 is 14.6 Å². The Morgan fingerprint density at radius 3 is 2.65 bits per heavy atom. The van der Waals surface area contributed by atoms with E-state index in [-0.39, 0.29) is 23.6 Å². The first-order chi connectivity index (χ1) is 17.8. The van der Waals surface area contributed by atoms with Crippen molar-refractivity contribution in [2.75, 3.05) is 5.01 Å². The van der Waals surface area contributed by atoms with E-state index in [4.69, 9.17) is 4.42 Å². The molecule has 1 aromatic heterocycles. The zero-order valence-electron chi connectivity index (χ0n) is 20.2. The molecule has 1 aliphatic carbocycles. The molecule has 0 spiro atoms.